The third kappa shape index (κ3) is 8.78. The van der Waals surface area contributed by atoms with E-state index in [-0.39, 0.29) is 23.8 Å². The van der Waals surface area contributed by atoms with Crippen molar-refractivity contribution in [1.29, 1.82) is 0 Å². The second-order valence-corrected chi connectivity index (χ2v) is 14.7. The molecule has 2 amide bonds. The first kappa shape index (κ1) is 35.7. The maximum Gasteiger partial charge on any atom is 0.227 e. The Morgan fingerprint density at radius 1 is 0.882 bits per heavy atom. The molecule has 0 bridgehead atoms. The van der Waals surface area contributed by atoms with Crippen molar-refractivity contribution in [2.45, 2.75) is 92.2 Å². The standard InChI is InChI=1S/C43H50N6O2/c1-7-8-21-48(40(50)22-28(2)3)27-39-44-25-36(46-39)33-17-12-31(13-18-33)10-11-32-14-19-34(20-15-32)37-26-45-43(47-37)42-30(6)9-16-35-24-38(35)49(42)41(51)23-29(4)5/h12-15,17-20,25-26,28-29,42H,6-9,16,21-24,27H2,1-5H3,(H,44,46)(H,45,47)/t42-/m0/s1. The third-order valence-electron chi connectivity index (χ3n) is 9.48. The summed E-state index contributed by atoms with van der Waals surface area (Å²) >= 11 is 0. The van der Waals surface area contributed by atoms with Gasteiger partial charge in [-0.05, 0) is 77.6 Å². The van der Waals surface area contributed by atoms with Crippen molar-refractivity contribution in [2.75, 3.05) is 6.54 Å². The number of carbonyl (C=O) groups is 2. The fourth-order valence-corrected chi connectivity index (χ4v) is 6.61. The van der Waals surface area contributed by atoms with Gasteiger partial charge in [0.25, 0.3) is 0 Å². The SMILES string of the molecule is C=C1CCC2=C(C2)N(C(=O)CC(C)C)[C@@H]1c1ncc(-c2ccc(C#Cc3ccc(-c4cnc(CN(CCCC)C(=O)CC(C)C)[nH]4)cc3)cc2)[nH]1. The predicted molar refractivity (Wildman–Crippen MR) is 203 cm³/mol. The van der Waals surface area contributed by atoms with Gasteiger partial charge in [0.2, 0.25) is 11.8 Å². The van der Waals surface area contributed by atoms with E-state index >= 15 is 0 Å². The highest BCUT2D eigenvalue weighted by Crippen LogP contribution is 2.48. The van der Waals surface area contributed by atoms with Crippen molar-refractivity contribution in [1.82, 2.24) is 29.7 Å². The van der Waals surface area contributed by atoms with Gasteiger partial charge in [-0.2, -0.15) is 0 Å². The topological polar surface area (TPSA) is 98.0 Å². The number of hydrogen-bond acceptors (Lipinski definition) is 4. The molecule has 2 aromatic heterocycles. The molecule has 0 radical (unpaired) electrons. The van der Waals surface area contributed by atoms with Gasteiger partial charge in [0, 0.05) is 42.6 Å². The van der Waals surface area contributed by atoms with Crippen LogP contribution in [0.15, 0.2) is 84.3 Å². The molecule has 1 aliphatic heterocycles. The van der Waals surface area contributed by atoms with Crippen LogP contribution in [0.2, 0.25) is 0 Å². The normalized spacial score (nSPS) is 15.5. The lowest BCUT2D eigenvalue weighted by atomic mass is 10.00. The van der Waals surface area contributed by atoms with Crippen molar-refractivity contribution >= 4 is 11.8 Å². The maximum absolute atomic E-state index is 13.4. The van der Waals surface area contributed by atoms with Gasteiger partial charge in [-0.25, -0.2) is 9.97 Å². The highest BCUT2D eigenvalue weighted by atomic mass is 16.2. The van der Waals surface area contributed by atoms with Gasteiger partial charge in [-0.1, -0.05) is 83.7 Å². The van der Waals surface area contributed by atoms with E-state index in [4.69, 9.17) is 4.98 Å². The molecule has 0 saturated heterocycles. The molecule has 6 rings (SSSR count). The van der Waals surface area contributed by atoms with E-state index < -0.39 is 0 Å². The number of unbranched alkanes of at least 4 members (excludes halogenated alkanes) is 1. The van der Waals surface area contributed by atoms with E-state index in [1.807, 2.05) is 70.7 Å². The van der Waals surface area contributed by atoms with E-state index in [9.17, 15) is 9.59 Å². The molecule has 1 aliphatic carbocycles. The lowest BCUT2D eigenvalue weighted by Gasteiger charge is -2.30. The number of amides is 2. The summed E-state index contributed by atoms with van der Waals surface area (Å²) in [5.41, 5.74) is 9.22. The zero-order valence-electron chi connectivity index (χ0n) is 30.7. The van der Waals surface area contributed by atoms with Crippen molar-refractivity contribution in [2.24, 2.45) is 11.8 Å². The van der Waals surface area contributed by atoms with E-state index in [1.54, 1.807) is 0 Å². The second kappa shape index (κ2) is 15.8. The minimum Gasteiger partial charge on any atom is -0.341 e. The van der Waals surface area contributed by atoms with Crippen LogP contribution in [0, 0.1) is 23.7 Å². The number of nitrogens with one attached hydrogen (secondary N) is 2. The molecule has 0 unspecified atom stereocenters. The molecule has 0 saturated carbocycles. The quantitative estimate of drug-likeness (QED) is 0.115. The Morgan fingerprint density at radius 2 is 1.49 bits per heavy atom. The first-order chi connectivity index (χ1) is 24.6. The van der Waals surface area contributed by atoms with Crippen molar-refractivity contribution in [3.05, 3.63) is 107 Å². The lowest BCUT2D eigenvalue weighted by Crippen LogP contribution is -2.33. The molecule has 2 aromatic carbocycles. The molecular formula is C43H50N6O2. The van der Waals surface area contributed by atoms with E-state index in [2.05, 4.69) is 68.0 Å². The van der Waals surface area contributed by atoms with Crippen LogP contribution in [0.1, 0.15) is 108 Å². The van der Waals surface area contributed by atoms with Gasteiger partial charge in [0.05, 0.1) is 30.3 Å². The number of likely N-dealkylation sites (tertiary alicyclic amines) is 1. The summed E-state index contributed by atoms with van der Waals surface area (Å²) in [5, 5.41) is 0. The minimum atomic E-state index is -0.266. The fraction of sp³-hybridized carbons (Fsp3) is 0.395. The molecule has 2 N–H and O–H groups in total. The first-order valence-electron chi connectivity index (χ1n) is 18.4. The summed E-state index contributed by atoms with van der Waals surface area (Å²) in [5.74, 6) is 9.05. The Labute approximate surface area is 302 Å². The average molecular weight is 683 g/mol. The monoisotopic (exact) mass is 682 g/mol. The van der Waals surface area contributed by atoms with Crippen molar-refractivity contribution < 1.29 is 9.59 Å². The van der Waals surface area contributed by atoms with Gasteiger partial charge in [-0.15, -0.1) is 0 Å². The fourth-order valence-electron chi connectivity index (χ4n) is 6.61. The largest absolute Gasteiger partial charge is 0.341 e. The Bertz CT molecular complexity index is 1970. The zero-order valence-corrected chi connectivity index (χ0v) is 30.7. The predicted octanol–water partition coefficient (Wildman–Crippen LogP) is 8.97. The molecule has 1 atom stereocenters. The number of benzene rings is 2. The van der Waals surface area contributed by atoms with Crippen LogP contribution < -0.4 is 0 Å². The minimum absolute atomic E-state index is 0.143. The number of imidazole rings is 2. The number of hydrogen-bond donors (Lipinski definition) is 2. The van der Waals surface area contributed by atoms with Gasteiger partial charge in [0.1, 0.15) is 17.7 Å². The Hall–Kier alpha value is -5.16. The number of carbonyl (C=O) groups excluding carboxylic acids is 2. The molecular weight excluding hydrogens is 633 g/mol. The van der Waals surface area contributed by atoms with E-state index in [0.29, 0.717) is 25.3 Å². The van der Waals surface area contributed by atoms with Gasteiger partial charge >= 0.3 is 0 Å². The molecule has 8 heteroatoms. The summed E-state index contributed by atoms with van der Waals surface area (Å²) in [6.07, 6.45) is 9.52. The average Bonchev–Trinajstić information content (AvgIpc) is 3.47. The van der Waals surface area contributed by atoms with Crippen molar-refractivity contribution in [3.8, 4) is 34.4 Å². The Morgan fingerprint density at radius 3 is 2.10 bits per heavy atom. The number of H-pyrrole nitrogens is 2. The van der Waals surface area contributed by atoms with Crippen LogP contribution in [0.3, 0.4) is 0 Å². The number of allylic oxidation sites excluding steroid dienone is 2. The molecule has 0 spiro atoms. The summed E-state index contributed by atoms with van der Waals surface area (Å²) < 4.78 is 0. The highest BCUT2D eigenvalue weighted by molar-refractivity contribution is 5.81. The summed E-state index contributed by atoms with van der Waals surface area (Å²) in [7, 11) is 0. The van der Waals surface area contributed by atoms with E-state index in [0.717, 1.165) is 95.2 Å². The number of nitrogens with zero attached hydrogens (tertiary/aromatic N) is 4. The zero-order chi connectivity index (χ0) is 36.1. The van der Waals surface area contributed by atoms with Crippen LogP contribution in [-0.4, -0.2) is 48.1 Å². The van der Waals surface area contributed by atoms with Crippen LogP contribution in [-0.2, 0) is 16.1 Å². The molecule has 51 heavy (non-hydrogen) atoms. The number of aromatic nitrogens is 4. The van der Waals surface area contributed by atoms with Crippen molar-refractivity contribution in [3.63, 3.8) is 0 Å². The lowest BCUT2D eigenvalue weighted by molar-refractivity contribution is -0.133. The summed E-state index contributed by atoms with van der Waals surface area (Å²) in [6, 6.07) is 16.0. The number of rotatable bonds is 12. The Kier molecular flexibility index (Phi) is 11.1. The first-order valence-corrected chi connectivity index (χ1v) is 18.4. The smallest absolute Gasteiger partial charge is 0.227 e. The van der Waals surface area contributed by atoms with Gasteiger partial charge in [0.15, 0.2) is 0 Å². The molecule has 2 aliphatic rings. The molecule has 0 fully saturated rings. The summed E-state index contributed by atoms with van der Waals surface area (Å²) in [4.78, 5) is 46.3. The third-order valence-corrected chi connectivity index (χ3v) is 9.48. The van der Waals surface area contributed by atoms with Crippen LogP contribution >= 0.6 is 0 Å². The number of aromatic amines is 2. The molecule has 4 aromatic rings. The second-order valence-electron chi connectivity index (χ2n) is 14.7. The highest BCUT2D eigenvalue weighted by Gasteiger charge is 2.41. The van der Waals surface area contributed by atoms with Gasteiger partial charge in [-0.3, -0.25) is 9.59 Å². The summed E-state index contributed by atoms with van der Waals surface area (Å²) in [6.45, 7) is 16.1. The molecule has 3 heterocycles. The van der Waals surface area contributed by atoms with Crippen LogP contribution in [0.5, 0.6) is 0 Å². The van der Waals surface area contributed by atoms with E-state index in [1.165, 1.54) is 5.57 Å². The van der Waals surface area contributed by atoms with Crippen LogP contribution in [0.4, 0.5) is 0 Å². The van der Waals surface area contributed by atoms with Crippen LogP contribution in [0.25, 0.3) is 22.5 Å². The molecule has 8 nitrogen and oxygen atoms in total. The molecule has 264 valence electrons. The Balaban J connectivity index is 1.10. The van der Waals surface area contributed by atoms with Gasteiger partial charge < -0.3 is 19.8 Å². The maximum atomic E-state index is 13.4.